The SMILES string of the molecule is CC(C)=CCC/C(C)=C/CC/C(C)=C/CONC(=O)C[P+]([O-])([O-])O. The Morgan fingerprint density at radius 3 is 2.12 bits per heavy atom. The van der Waals surface area contributed by atoms with Gasteiger partial charge in [0.05, 0.1) is 14.6 Å². The third kappa shape index (κ3) is 15.8. The van der Waals surface area contributed by atoms with Crippen LogP contribution in [0.4, 0.5) is 0 Å². The molecule has 138 valence electrons. The van der Waals surface area contributed by atoms with E-state index in [-0.39, 0.29) is 6.61 Å². The molecule has 0 spiro atoms. The second-order valence-corrected chi connectivity index (χ2v) is 7.68. The van der Waals surface area contributed by atoms with Gasteiger partial charge in [0.2, 0.25) is 0 Å². The highest BCUT2D eigenvalue weighted by atomic mass is 31.2. The van der Waals surface area contributed by atoms with Gasteiger partial charge in [-0.3, -0.25) is 14.5 Å². The van der Waals surface area contributed by atoms with Crippen molar-refractivity contribution in [2.45, 2.75) is 53.4 Å². The average Bonchev–Trinajstić information content (AvgIpc) is 2.41. The van der Waals surface area contributed by atoms with Gasteiger partial charge >= 0.3 is 0 Å². The Labute approximate surface area is 145 Å². The zero-order chi connectivity index (χ0) is 18.6. The zero-order valence-electron chi connectivity index (χ0n) is 15.0. The minimum absolute atomic E-state index is 0.148. The first-order valence-electron chi connectivity index (χ1n) is 7.98. The van der Waals surface area contributed by atoms with Crippen LogP contribution in [0.3, 0.4) is 0 Å². The van der Waals surface area contributed by atoms with Gasteiger partial charge in [0.25, 0.3) is 5.91 Å². The van der Waals surface area contributed by atoms with Gasteiger partial charge < -0.3 is 9.79 Å². The molecule has 2 N–H and O–H groups in total. The lowest BCUT2D eigenvalue weighted by Crippen LogP contribution is -2.34. The molecule has 0 saturated carbocycles. The van der Waals surface area contributed by atoms with E-state index in [1.807, 2.05) is 18.5 Å². The molecular weight excluding hydrogens is 329 g/mol. The van der Waals surface area contributed by atoms with Crippen molar-refractivity contribution in [3.63, 3.8) is 0 Å². The standard InChI is InChI=1S/C17H30NO5P/c1-14(2)7-5-8-15(3)9-6-10-16(4)11-12-23-18-17(19)13-24(20,21)22/h7,9,11H,5-6,8,10,12-13H2,1-4H3,(H,18,19)(H2,20,21,22)/p-1/b15-9+,16-11+. The molecule has 0 fully saturated rings. The van der Waals surface area contributed by atoms with Crippen LogP contribution in [0.2, 0.25) is 0 Å². The summed E-state index contributed by atoms with van der Waals surface area (Å²) in [5.41, 5.74) is 5.80. The lowest BCUT2D eigenvalue weighted by molar-refractivity contribution is -0.330. The van der Waals surface area contributed by atoms with Crippen LogP contribution in [0.1, 0.15) is 53.4 Å². The molecule has 0 aliphatic heterocycles. The van der Waals surface area contributed by atoms with E-state index >= 15 is 0 Å². The summed E-state index contributed by atoms with van der Waals surface area (Å²) in [4.78, 5) is 45.4. The minimum Gasteiger partial charge on any atom is -0.659 e. The first kappa shape index (κ1) is 23.0. The number of hydrogen-bond acceptors (Lipinski definition) is 5. The zero-order valence-corrected chi connectivity index (χ0v) is 15.9. The number of nitrogens with one attached hydrogen (secondary N) is 1. The average molecular weight is 358 g/mol. The first-order chi connectivity index (χ1) is 11.1. The van der Waals surface area contributed by atoms with Crippen molar-refractivity contribution in [1.29, 1.82) is 0 Å². The number of hydroxylamine groups is 1. The molecule has 6 nitrogen and oxygen atoms in total. The van der Waals surface area contributed by atoms with Crippen molar-refractivity contribution in [3.05, 3.63) is 34.9 Å². The van der Waals surface area contributed by atoms with Gasteiger partial charge in [0, 0.05) is 0 Å². The van der Waals surface area contributed by atoms with Gasteiger partial charge in [-0.25, -0.2) is 5.48 Å². The summed E-state index contributed by atoms with van der Waals surface area (Å²) in [6, 6.07) is 0. The highest BCUT2D eigenvalue weighted by Gasteiger charge is 2.14. The predicted octanol–water partition coefficient (Wildman–Crippen LogP) is 1.93. The molecule has 0 unspecified atom stereocenters. The van der Waals surface area contributed by atoms with Crippen LogP contribution in [-0.2, 0) is 9.63 Å². The van der Waals surface area contributed by atoms with E-state index in [1.54, 1.807) is 0 Å². The second-order valence-electron chi connectivity index (χ2n) is 6.09. The van der Waals surface area contributed by atoms with Crippen LogP contribution in [0.5, 0.6) is 0 Å². The highest BCUT2D eigenvalue weighted by molar-refractivity contribution is 7.56. The van der Waals surface area contributed by atoms with Crippen molar-refractivity contribution < 1.29 is 24.3 Å². The molecule has 0 aliphatic carbocycles. The van der Waals surface area contributed by atoms with Gasteiger partial charge in [-0.1, -0.05) is 34.9 Å². The van der Waals surface area contributed by atoms with Crippen LogP contribution in [0.25, 0.3) is 0 Å². The van der Waals surface area contributed by atoms with Crippen molar-refractivity contribution in [2.24, 2.45) is 0 Å². The summed E-state index contributed by atoms with van der Waals surface area (Å²) in [6.07, 6.45) is 9.27. The molecule has 0 saturated heterocycles. The quantitative estimate of drug-likeness (QED) is 0.254. The number of hydrogen-bond donors (Lipinski definition) is 2. The summed E-state index contributed by atoms with van der Waals surface area (Å²) < 4.78 is 0. The number of carbonyl (C=O) groups is 1. The van der Waals surface area contributed by atoms with Crippen LogP contribution >= 0.6 is 7.94 Å². The molecule has 1 amide bonds. The Balaban J connectivity index is 3.91. The minimum atomic E-state index is -4.60. The predicted molar refractivity (Wildman–Crippen MR) is 93.5 cm³/mol. The van der Waals surface area contributed by atoms with Crippen molar-refractivity contribution >= 4 is 13.9 Å². The lowest BCUT2D eigenvalue weighted by atomic mass is 10.1. The van der Waals surface area contributed by atoms with E-state index in [0.29, 0.717) is 0 Å². The normalized spacial score (nSPS) is 13.0. The largest absolute Gasteiger partial charge is 0.659 e. The fourth-order valence-corrected chi connectivity index (χ4v) is 2.29. The summed E-state index contributed by atoms with van der Waals surface area (Å²) in [7, 11) is -4.60. The molecule has 0 atom stereocenters. The van der Waals surface area contributed by atoms with Gasteiger partial charge in [-0.15, -0.1) is 0 Å². The van der Waals surface area contributed by atoms with Crippen LogP contribution < -0.4 is 15.3 Å². The molecule has 0 bridgehead atoms. The monoisotopic (exact) mass is 358 g/mol. The molecular formula is C17H29NO5P-. The summed E-state index contributed by atoms with van der Waals surface area (Å²) in [6.45, 7) is 8.45. The maximum atomic E-state index is 11.1. The molecule has 0 aromatic heterocycles. The molecule has 0 aromatic rings. The van der Waals surface area contributed by atoms with E-state index < -0.39 is 20.0 Å². The first-order valence-corrected chi connectivity index (χ1v) is 9.74. The maximum absolute atomic E-state index is 11.1. The van der Waals surface area contributed by atoms with Crippen LogP contribution in [-0.4, -0.2) is 23.6 Å². The topological polar surface area (TPSA) is 105 Å². The van der Waals surface area contributed by atoms with E-state index in [0.717, 1.165) is 31.3 Å². The van der Waals surface area contributed by atoms with Crippen molar-refractivity contribution in [2.75, 3.05) is 12.8 Å². The van der Waals surface area contributed by atoms with E-state index in [4.69, 9.17) is 9.73 Å². The van der Waals surface area contributed by atoms with Gasteiger partial charge in [0.15, 0.2) is 6.16 Å². The third-order valence-electron chi connectivity index (χ3n) is 3.17. The summed E-state index contributed by atoms with van der Waals surface area (Å²) in [5, 5.41) is 0. The third-order valence-corrected chi connectivity index (χ3v) is 3.85. The molecule has 0 aliphatic rings. The lowest BCUT2D eigenvalue weighted by Gasteiger charge is -2.26. The Morgan fingerprint density at radius 1 is 1.04 bits per heavy atom. The number of amides is 1. The fraction of sp³-hybridized carbons (Fsp3) is 0.588. The smallest absolute Gasteiger partial charge is 0.283 e. The highest BCUT2D eigenvalue weighted by Crippen LogP contribution is 2.32. The Hall–Kier alpha value is -1.04. The number of allylic oxidation sites excluding steroid dienone is 5. The molecule has 24 heavy (non-hydrogen) atoms. The molecule has 0 rings (SSSR count). The van der Waals surface area contributed by atoms with Crippen LogP contribution in [0, 0.1) is 0 Å². The Kier molecular flexibility index (Phi) is 11.8. The fourth-order valence-electron chi connectivity index (χ4n) is 1.86. The van der Waals surface area contributed by atoms with Crippen molar-refractivity contribution in [3.8, 4) is 0 Å². The molecule has 0 heterocycles. The van der Waals surface area contributed by atoms with Crippen molar-refractivity contribution in [1.82, 2.24) is 5.48 Å². The second kappa shape index (κ2) is 12.3. The van der Waals surface area contributed by atoms with Gasteiger partial charge in [-0.2, -0.15) is 0 Å². The molecule has 7 heteroatoms. The molecule has 0 aromatic carbocycles. The summed E-state index contributed by atoms with van der Waals surface area (Å²) in [5.74, 6) is -0.892. The Morgan fingerprint density at radius 2 is 1.58 bits per heavy atom. The van der Waals surface area contributed by atoms with E-state index in [1.165, 1.54) is 11.1 Å². The van der Waals surface area contributed by atoms with Gasteiger partial charge in [-0.05, 0) is 53.4 Å². The van der Waals surface area contributed by atoms with E-state index in [9.17, 15) is 14.6 Å². The maximum Gasteiger partial charge on any atom is 0.283 e. The number of rotatable bonds is 11. The van der Waals surface area contributed by atoms with Crippen LogP contribution in [0.15, 0.2) is 34.9 Å². The van der Waals surface area contributed by atoms with E-state index in [2.05, 4.69) is 32.9 Å². The number of carbonyl (C=O) groups excluding carboxylic acids is 1. The molecule has 0 radical (unpaired) electrons. The Bertz CT molecular complexity index is 474. The van der Waals surface area contributed by atoms with Gasteiger partial charge in [0.1, 0.15) is 0 Å². The summed E-state index contributed by atoms with van der Waals surface area (Å²) >= 11 is 0.